The van der Waals surface area contributed by atoms with E-state index >= 15 is 0 Å². The Hall–Kier alpha value is -0.340. The molecule has 0 bridgehead atoms. The molecule has 0 radical (unpaired) electrons. The molecule has 0 aliphatic heterocycles. The number of benzene rings is 1. The molecule has 0 aromatic heterocycles. The SMILES string of the molecule is CCCCCCCCC(CN)Cc1cccc(Br)c1. The van der Waals surface area contributed by atoms with Gasteiger partial charge in [-0.2, -0.15) is 0 Å². The molecule has 1 nitrogen and oxygen atoms in total. The van der Waals surface area contributed by atoms with Crippen LogP contribution in [-0.4, -0.2) is 6.54 Å². The molecule has 0 aliphatic rings. The predicted octanol–water partition coefficient (Wildman–Crippen LogP) is 5.32. The molecule has 0 heterocycles. The van der Waals surface area contributed by atoms with Crippen LogP contribution in [-0.2, 0) is 6.42 Å². The van der Waals surface area contributed by atoms with Gasteiger partial charge in [-0.15, -0.1) is 0 Å². The van der Waals surface area contributed by atoms with Gasteiger partial charge in [0.25, 0.3) is 0 Å². The predicted molar refractivity (Wildman–Crippen MR) is 88.4 cm³/mol. The Bertz CT molecular complexity index is 338. The third-order valence-electron chi connectivity index (χ3n) is 3.71. The third kappa shape index (κ3) is 7.74. The Morgan fingerprint density at radius 3 is 2.53 bits per heavy atom. The Morgan fingerprint density at radius 1 is 1.11 bits per heavy atom. The highest BCUT2D eigenvalue weighted by Crippen LogP contribution is 2.19. The van der Waals surface area contributed by atoms with E-state index in [0.717, 1.165) is 13.0 Å². The summed E-state index contributed by atoms with van der Waals surface area (Å²) < 4.78 is 1.17. The molecule has 1 aromatic carbocycles. The number of halogens is 1. The molecule has 1 atom stereocenters. The highest BCUT2D eigenvalue weighted by molar-refractivity contribution is 9.10. The zero-order valence-corrected chi connectivity index (χ0v) is 13.8. The van der Waals surface area contributed by atoms with E-state index in [1.807, 2.05) is 0 Å². The summed E-state index contributed by atoms with van der Waals surface area (Å²) in [5.74, 6) is 0.639. The summed E-state index contributed by atoms with van der Waals surface area (Å²) in [4.78, 5) is 0. The maximum atomic E-state index is 5.91. The molecule has 19 heavy (non-hydrogen) atoms. The molecule has 0 spiro atoms. The quantitative estimate of drug-likeness (QED) is 0.579. The molecule has 1 unspecified atom stereocenters. The van der Waals surface area contributed by atoms with E-state index in [2.05, 4.69) is 47.1 Å². The van der Waals surface area contributed by atoms with E-state index in [1.54, 1.807) is 0 Å². The van der Waals surface area contributed by atoms with Gasteiger partial charge in [-0.25, -0.2) is 0 Å². The Morgan fingerprint density at radius 2 is 1.84 bits per heavy atom. The van der Waals surface area contributed by atoms with Gasteiger partial charge in [-0.3, -0.25) is 0 Å². The van der Waals surface area contributed by atoms with Crippen molar-refractivity contribution in [1.82, 2.24) is 0 Å². The largest absolute Gasteiger partial charge is 0.330 e. The van der Waals surface area contributed by atoms with Gasteiger partial charge in [-0.1, -0.05) is 73.5 Å². The zero-order valence-electron chi connectivity index (χ0n) is 12.2. The number of unbranched alkanes of at least 4 members (excludes halogenated alkanes) is 5. The molecule has 0 saturated carbocycles. The van der Waals surface area contributed by atoms with Crippen molar-refractivity contribution in [2.45, 2.75) is 58.3 Å². The van der Waals surface area contributed by atoms with Crippen LogP contribution < -0.4 is 5.73 Å². The molecule has 0 aliphatic carbocycles. The first-order chi connectivity index (χ1) is 9.26. The topological polar surface area (TPSA) is 26.0 Å². The first-order valence-corrected chi connectivity index (χ1v) is 8.50. The molecule has 1 aromatic rings. The minimum atomic E-state index is 0.639. The van der Waals surface area contributed by atoms with Crippen molar-refractivity contribution in [3.8, 4) is 0 Å². The van der Waals surface area contributed by atoms with Crippen molar-refractivity contribution in [2.24, 2.45) is 11.7 Å². The lowest BCUT2D eigenvalue weighted by atomic mass is 9.93. The van der Waals surface area contributed by atoms with Gasteiger partial charge in [0.1, 0.15) is 0 Å². The number of rotatable bonds is 10. The zero-order chi connectivity index (χ0) is 13.9. The Kier molecular flexibility index (Phi) is 9.19. The molecule has 0 saturated heterocycles. The van der Waals surface area contributed by atoms with Crippen molar-refractivity contribution in [3.05, 3.63) is 34.3 Å². The van der Waals surface area contributed by atoms with Crippen LogP contribution in [0.1, 0.15) is 57.4 Å². The monoisotopic (exact) mass is 325 g/mol. The average molecular weight is 326 g/mol. The van der Waals surface area contributed by atoms with E-state index in [-0.39, 0.29) is 0 Å². The minimum absolute atomic E-state index is 0.639. The second-order valence-corrected chi connectivity index (χ2v) is 6.41. The highest BCUT2D eigenvalue weighted by Gasteiger charge is 2.08. The van der Waals surface area contributed by atoms with Gasteiger partial charge in [0.05, 0.1) is 0 Å². The molecular formula is C17H28BrN. The van der Waals surface area contributed by atoms with Crippen LogP contribution in [0.25, 0.3) is 0 Å². The summed E-state index contributed by atoms with van der Waals surface area (Å²) in [6.45, 7) is 3.07. The van der Waals surface area contributed by atoms with Crippen LogP contribution >= 0.6 is 15.9 Å². The standard InChI is InChI=1S/C17H28BrN/c1-2-3-4-5-6-7-9-16(14-19)12-15-10-8-11-17(18)13-15/h8,10-11,13,16H,2-7,9,12,14,19H2,1H3. The summed E-state index contributed by atoms with van der Waals surface area (Å²) >= 11 is 3.53. The molecule has 0 amide bonds. The summed E-state index contributed by atoms with van der Waals surface area (Å²) in [7, 11) is 0. The van der Waals surface area contributed by atoms with E-state index in [0.29, 0.717) is 5.92 Å². The van der Waals surface area contributed by atoms with Crippen LogP contribution in [0.2, 0.25) is 0 Å². The average Bonchev–Trinajstić information content (AvgIpc) is 2.41. The van der Waals surface area contributed by atoms with Crippen LogP contribution in [0.4, 0.5) is 0 Å². The summed E-state index contributed by atoms with van der Waals surface area (Å²) in [6.07, 6.45) is 10.6. The van der Waals surface area contributed by atoms with Crippen molar-refractivity contribution in [3.63, 3.8) is 0 Å². The fourth-order valence-electron chi connectivity index (χ4n) is 2.51. The van der Waals surface area contributed by atoms with Crippen LogP contribution in [0.15, 0.2) is 28.7 Å². The highest BCUT2D eigenvalue weighted by atomic mass is 79.9. The van der Waals surface area contributed by atoms with Gasteiger partial charge >= 0.3 is 0 Å². The normalized spacial score (nSPS) is 12.6. The van der Waals surface area contributed by atoms with Crippen molar-refractivity contribution in [2.75, 3.05) is 6.54 Å². The van der Waals surface area contributed by atoms with Crippen molar-refractivity contribution < 1.29 is 0 Å². The Labute approximate surface area is 127 Å². The molecule has 2 N–H and O–H groups in total. The van der Waals surface area contributed by atoms with Gasteiger partial charge in [0.2, 0.25) is 0 Å². The molecule has 2 heteroatoms. The third-order valence-corrected chi connectivity index (χ3v) is 4.21. The number of hydrogen-bond donors (Lipinski definition) is 1. The van der Waals surface area contributed by atoms with Crippen LogP contribution in [0.3, 0.4) is 0 Å². The fraction of sp³-hybridized carbons (Fsp3) is 0.647. The molecular weight excluding hydrogens is 298 g/mol. The summed E-state index contributed by atoms with van der Waals surface area (Å²) in [5, 5.41) is 0. The second kappa shape index (κ2) is 10.4. The van der Waals surface area contributed by atoms with Crippen molar-refractivity contribution >= 4 is 15.9 Å². The van der Waals surface area contributed by atoms with Gasteiger partial charge in [0.15, 0.2) is 0 Å². The maximum absolute atomic E-state index is 5.91. The summed E-state index contributed by atoms with van der Waals surface area (Å²) in [6, 6.07) is 8.60. The van der Waals surface area contributed by atoms with Gasteiger partial charge in [0, 0.05) is 4.47 Å². The van der Waals surface area contributed by atoms with Gasteiger partial charge < -0.3 is 5.73 Å². The maximum Gasteiger partial charge on any atom is 0.0177 e. The summed E-state index contributed by atoms with van der Waals surface area (Å²) in [5.41, 5.74) is 7.31. The first-order valence-electron chi connectivity index (χ1n) is 7.70. The van der Waals surface area contributed by atoms with E-state index in [9.17, 15) is 0 Å². The number of hydrogen-bond acceptors (Lipinski definition) is 1. The first kappa shape index (κ1) is 16.7. The number of nitrogens with two attached hydrogens (primary N) is 1. The van der Waals surface area contributed by atoms with E-state index < -0.39 is 0 Å². The lowest BCUT2D eigenvalue weighted by Crippen LogP contribution is -2.16. The molecule has 1 rings (SSSR count). The lowest BCUT2D eigenvalue weighted by Gasteiger charge is -2.15. The molecule has 0 fully saturated rings. The van der Waals surface area contributed by atoms with Crippen molar-refractivity contribution in [1.29, 1.82) is 0 Å². The minimum Gasteiger partial charge on any atom is -0.330 e. The van der Waals surface area contributed by atoms with Gasteiger partial charge in [-0.05, 0) is 43.0 Å². The van der Waals surface area contributed by atoms with Crippen LogP contribution in [0.5, 0.6) is 0 Å². The van der Waals surface area contributed by atoms with Crippen LogP contribution in [0, 0.1) is 5.92 Å². The van der Waals surface area contributed by atoms with E-state index in [4.69, 9.17) is 5.73 Å². The Balaban J connectivity index is 2.22. The smallest absolute Gasteiger partial charge is 0.0177 e. The lowest BCUT2D eigenvalue weighted by molar-refractivity contribution is 0.456. The fourth-order valence-corrected chi connectivity index (χ4v) is 2.96. The second-order valence-electron chi connectivity index (χ2n) is 5.49. The molecule has 108 valence electrons. The van der Waals surface area contributed by atoms with E-state index in [1.165, 1.54) is 55.0 Å².